The third-order valence-corrected chi connectivity index (χ3v) is 2.25. The number of hydrogen-bond donors (Lipinski definition) is 3. The molecule has 0 aliphatic carbocycles. The average Bonchev–Trinajstić information content (AvgIpc) is 2.78. The van der Waals surface area contributed by atoms with E-state index in [1.54, 1.807) is 0 Å². The Balaban J connectivity index is 2.28. The maximum absolute atomic E-state index is 9.49. The van der Waals surface area contributed by atoms with Gasteiger partial charge in [-0.2, -0.15) is 5.10 Å². The minimum absolute atomic E-state index is 0.191. The predicted molar refractivity (Wildman–Crippen MR) is 58.0 cm³/mol. The van der Waals surface area contributed by atoms with Crippen LogP contribution in [0, 0.1) is 0 Å². The van der Waals surface area contributed by atoms with Crippen LogP contribution in [0.3, 0.4) is 0 Å². The summed E-state index contributed by atoms with van der Waals surface area (Å²) >= 11 is 0. The van der Waals surface area contributed by atoms with Crippen LogP contribution in [0.15, 0.2) is 36.4 Å². The highest BCUT2D eigenvalue weighted by Gasteiger charge is 2.09. The zero-order valence-corrected chi connectivity index (χ0v) is 8.22. The van der Waals surface area contributed by atoms with E-state index < -0.39 is 6.10 Å². The van der Waals surface area contributed by atoms with Crippen LogP contribution in [-0.4, -0.2) is 21.8 Å². The number of aromatic amines is 1. The van der Waals surface area contributed by atoms with E-state index in [0.717, 1.165) is 11.3 Å². The highest BCUT2D eigenvalue weighted by atomic mass is 16.3. The van der Waals surface area contributed by atoms with Gasteiger partial charge in [-0.15, -0.1) is 0 Å². The van der Waals surface area contributed by atoms with E-state index in [1.807, 2.05) is 36.4 Å². The molecule has 0 aliphatic rings. The van der Waals surface area contributed by atoms with Gasteiger partial charge in [-0.05, 0) is 6.07 Å². The quantitative estimate of drug-likeness (QED) is 0.698. The fraction of sp³-hybridized carbons (Fsp3) is 0.182. The Morgan fingerprint density at radius 3 is 2.73 bits per heavy atom. The number of aromatic nitrogens is 2. The molecule has 0 radical (unpaired) electrons. The van der Waals surface area contributed by atoms with Gasteiger partial charge < -0.3 is 10.8 Å². The maximum atomic E-state index is 9.49. The van der Waals surface area contributed by atoms with Crippen molar-refractivity contribution in [2.45, 2.75) is 6.10 Å². The maximum Gasteiger partial charge on any atom is 0.108 e. The van der Waals surface area contributed by atoms with Crippen molar-refractivity contribution >= 4 is 0 Å². The predicted octanol–water partition coefficient (Wildman–Crippen LogP) is 1.07. The molecule has 0 aliphatic heterocycles. The fourth-order valence-electron chi connectivity index (χ4n) is 1.39. The lowest BCUT2D eigenvalue weighted by atomic mass is 10.1. The van der Waals surface area contributed by atoms with Crippen molar-refractivity contribution in [2.75, 3.05) is 6.54 Å². The zero-order chi connectivity index (χ0) is 10.7. The highest BCUT2D eigenvalue weighted by molar-refractivity contribution is 5.58. The van der Waals surface area contributed by atoms with E-state index in [1.165, 1.54) is 0 Å². The number of nitrogens with two attached hydrogens (primary N) is 1. The van der Waals surface area contributed by atoms with Crippen LogP contribution >= 0.6 is 0 Å². The van der Waals surface area contributed by atoms with Gasteiger partial charge in [0.15, 0.2) is 0 Å². The van der Waals surface area contributed by atoms with E-state index in [-0.39, 0.29) is 6.54 Å². The van der Waals surface area contributed by atoms with Crippen molar-refractivity contribution in [3.05, 3.63) is 42.1 Å². The topological polar surface area (TPSA) is 74.9 Å². The average molecular weight is 203 g/mol. The summed E-state index contributed by atoms with van der Waals surface area (Å²) in [6, 6.07) is 11.6. The minimum atomic E-state index is -0.671. The summed E-state index contributed by atoms with van der Waals surface area (Å²) in [5, 5.41) is 16.4. The Hall–Kier alpha value is -1.65. The van der Waals surface area contributed by atoms with E-state index in [0.29, 0.717) is 5.69 Å². The molecule has 0 bridgehead atoms. The van der Waals surface area contributed by atoms with Crippen molar-refractivity contribution in [3.8, 4) is 11.3 Å². The van der Waals surface area contributed by atoms with Crippen molar-refractivity contribution in [3.63, 3.8) is 0 Å². The first-order valence-electron chi connectivity index (χ1n) is 4.80. The van der Waals surface area contributed by atoms with Crippen molar-refractivity contribution in [1.29, 1.82) is 0 Å². The highest BCUT2D eigenvalue weighted by Crippen LogP contribution is 2.19. The van der Waals surface area contributed by atoms with E-state index in [9.17, 15) is 5.11 Å². The lowest BCUT2D eigenvalue weighted by Gasteiger charge is -2.01. The van der Waals surface area contributed by atoms with Gasteiger partial charge >= 0.3 is 0 Å². The van der Waals surface area contributed by atoms with Crippen LogP contribution in [0.1, 0.15) is 11.8 Å². The number of H-pyrrole nitrogens is 1. The Labute approximate surface area is 87.7 Å². The molecule has 15 heavy (non-hydrogen) atoms. The molecule has 1 atom stereocenters. The molecule has 0 amide bonds. The van der Waals surface area contributed by atoms with Gasteiger partial charge in [0.2, 0.25) is 0 Å². The lowest BCUT2D eigenvalue weighted by Crippen LogP contribution is -2.11. The smallest absolute Gasteiger partial charge is 0.108 e. The first kappa shape index (κ1) is 9.89. The molecule has 2 aromatic rings. The summed E-state index contributed by atoms with van der Waals surface area (Å²) in [5.74, 6) is 0. The summed E-state index contributed by atoms with van der Waals surface area (Å²) in [5.41, 5.74) is 7.84. The molecule has 4 N–H and O–H groups in total. The molecule has 1 aromatic heterocycles. The van der Waals surface area contributed by atoms with Crippen LogP contribution in [0.5, 0.6) is 0 Å². The first-order chi connectivity index (χ1) is 7.31. The number of hydrogen-bond acceptors (Lipinski definition) is 3. The molecule has 4 nitrogen and oxygen atoms in total. The summed E-state index contributed by atoms with van der Waals surface area (Å²) in [6.07, 6.45) is -0.671. The van der Waals surface area contributed by atoms with Gasteiger partial charge in [-0.25, -0.2) is 0 Å². The van der Waals surface area contributed by atoms with Gasteiger partial charge in [0, 0.05) is 12.1 Å². The molecule has 78 valence electrons. The second-order valence-corrected chi connectivity index (χ2v) is 3.33. The lowest BCUT2D eigenvalue weighted by molar-refractivity contribution is 0.182. The summed E-state index contributed by atoms with van der Waals surface area (Å²) in [6.45, 7) is 0.191. The second-order valence-electron chi connectivity index (χ2n) is 3.33. The van der Waals surface area contributed by atoms with Gasteiger partial charge in [0.05, 0.1) is 11.4 Å². The Morgan fingerprint density at radius 1 is 1.33 bits per heavy atom. The largest absolute Gasteiger partial charge is 0.385 e. The Kier molecular flexibility index (Phi) is 2.80. The van der Waals surface area contributed by atoms with Crippen LogP contribution < -0.4 is 5.73 Å². The van der Waals surface area contributed by atoms with E-state index in [2.05, 4.69) is 10.2 Å². The molecule has 2 rings (SSSR count). The summed E-state index contributed by atoms with van der Waals surface area (Å²) in [7, 11) is 0. The third-order valence-electron chi connectivity index (χ3n) is 2.25. The van der Waals surface area contributed by atoms with Gasteiger partial charge in [0.25, 0.3) is 0 Å². The van der Waals surface area contributed by atoms with E-state index >= 15 is 0 Å². The Bertz CT molecular complexity index is 424. The number of nitrogens with zero attached hydrogens (tertiary/aromatic N) is 1. The van der Waals surface area contributed by atoms with Crippen LogP contribution in [0.25, 0.3) is 11.3 Å². The molecule has 0 spiro atoms. The van der Waals surface area contributed by atoms with Crippen LogP contribution in [-0.2, 0) is 0 Å². The van der Waals surface area contributed by atoms with E-state index in [4.69, 9.17) is 5.73 Å². The monoisotopic (exact) mass is 203 g/mol. The number of aliphatic hydroxyl groups is 1. The molecule has 1 heterocycles. The second kappa shape index (κ2) is 4.25. The standard InChI is InChI=1S/C11H13N3O/c12-7-11(15)10-6-9(13-14-10)8-4-2-1-3-5-8/h1-6,11,15H,7,12H2,(H,13,14). The molecule has 0 saturated heterocycles. The van der Waals surface area contributed by atoms with Gasteiger partial charge in [0.1, 0.15) is 6.10 Å². The molecule has 0 saturated carbocycles. The third kappa shape index (κ3) is 2.06. The van der Waals surface area contributed by atoms with Crippen molar-refractivity contribution in [1.82, 2.24) is 10.2 Å². The van der Waals surface area contributed by atoms with Gasteiger partial charge in [-0.1, -0.05) is 30.3 Å². The molecule has 0 fully saturated rings. The molecule has 1 aromatic carbocycles. The van der Waals surface area contributed by atoms with Crippen molar-refractivity contribution < 1.29 is 5.11 Å². The van der Waals surface area contributed by atoms with Crippen LogP contribution in [0.2, 0.25) is 0 Å². The Morgan fingerprint density at radius 2 is 2.07 bits per heavy atom. The number of aliphatic hydroxyl groups excluding tert-OH is 1. The molecular weight excluding hydrogens is 190 g/mol. The fourth-order valence-corrected chi connectivity index (χ4v) is 1.39. The van der Waals surface area contributed by atoms with Crippen LogP contribution in [0.4, 0.5) is 0 Å². The SMILES string of the molecule is NCC(O)c1cc(-c2ccccc2)n[nH]1. The molecular formula is C11H13N3O. The summed E-state index contributed by atoms with van der Waals surface area (Å²) in [4.78, 5) is 0. The minimum Gasteiger partial charge on any atom is -0.385 e. The van der Waals surface area contributed by atoms with Crippen molar-refractivity contribution in [2.24, 2.45) is 5.73 Å². The van der Waals surface area contributed by atoms with Gasteiger partial charge in [-0.3, -0.25) is 5.10 Å². The number of rotatable bonds is 3. The zero-order valence-electron chi connectivity index (χ0n) is 8.22. The number of nitrogens with one attached hydrogen (secondary N) is 1. The first-order valence-corrected chi connectivity index (χ1v) is 4.80. The molecule has 4 heteroatoms. The normalized spacial score (nSPS) is 12.7. The summed E-state index contributed by atoms with van der Waals surface area (Å²) < 4.78 is 0. The molecule has 1 unspecified atom stereocenters. The number of benzene rings is 1.